The van der Waals surface area contributed by atoms with Gasteiger partial charge < -0.3 is 30.2 Å². The maximum Gasteiger partial charge on any atom is 0.254 e. The highest BCUT2D eigenvalue weighted by Gasteiger charge is 2.32. The Morgan fingerprint density at radius 3 is 1.72 bits per heavy atom. The summed E-state index contributed by atoms with van der Waals surface area (Å²) in [6.45, 7) is 14.9. The van der Waals surface area contributed by atoms with Crippen LogP contribution in [0.25, 0.3) is 6.08 Å². The molecular formula is C47H52N8O6S4. The average Bonchev–Trinajstić information content (AvgIpc) is 4.23. The summed E-state index contributed by atoms with van der Waals surface area (Å²) in [5, 5.41) is 6.88. The van der Waals surface area contributed by atoms with Crippen LogP contribution in [-0.2, 0) is 19.2 Å². The highest BCUT2D eigenvalue weighted by atomic mass is 32.2. The SMILES string of the molecule is C=CC(=O)N1CCCN(C(=O)c2cc(Sc3sc(NC(=O)C4CC4)nc3C=CC(=O)N3CCN(C(=O)c4cc(Sc5cnc(NC(=O)C6CC6)s5)c(C)cc4C)CC3)c(C)cc2C)CC1. The number of carbonyl (C=O) groups is 6. The average molecular weight is 953 g/mol. The molecule has 2 saturated heterocycles. The van der Waals surface area contributed by atoms with E-state index in [2.05, 4.69) is 22.2 Å². The molecule has 0 spiro atoms. The largest absolute Gasteiger partial charge is 0.337 e. The van der Waals surface area contributed by atoms with Crippen LogP contribution in [0.15, 0.2) is 67.4 Å². The van der Waals surface area contributed by atoms with Crippen molar-refractivity contribution in [3.8, 4) is 0 Å². The number of benzene rings is 2. The Bertz CT molecular complexity index is 2590. The van der Waals surface area contributed by atoms with Gasteiger partial charge >= 0.3 is 0 Å². The third-order valence-electron chi connectivity index (χ3n) is 11.9. The zero-order valence-corrected chi connectivity index (χ0v) is 40.2. The summed E-state index contributed by atoms with van der Waals surface area (Å²) in [6, 6.07) is 7.85. The topological polar surface area (TPSA) is 165 Å². The number of carbonyl (C=O) groups excluding carboxylic acids is 6. The van der Waals surface area contributed by atoms with Crippen molar-refractivity contribution in [2.75, 3.05) is 63.0 Å². The number of hydrogen-bond donors (Lipinski definition) is 2. The summed E-state index contributed by atoms with van der Waals surface area (Å²) in [6.07, 6.45) is 10.4. The smallest absolute Gasteiger partial charge is 0.254 e. The molecule has 4 aliphatic rings. The quantitative estimate of drug-likeness (QED) is 0.127. The first kappa shape index (κ1) is 46.2. The predicted octanol–water partition coefficient (Wildman–Crippen LogP) is 7.69. The molecule has 0 unspecified atom stereocenters. The van der Waals surface area contributed by atoms with E-state index in [-0.39, 0.29) is 47.3 Å². The van der Waals surface area contributed by atoms with E-state index in [1.165, 1.54) is 58.3 Å². The van der Waals surface area contributed by atoms with Crippen LogP contribution in [-0.4, -0.2) is 117 Å². The van der Waals surface area contributed by atoms with Crippen LogP contribution in [0.5, 0.6) is 0 Å². The summed E-state index contributed by atoms with van der Waals surface area (Å²) >= 11 is 5.70. The maximum atomic E-state index is 13.9. The highest BCUT2D eigenvalue weighted by Crippen LogP contribution is 2.42. The van der Waals surface area contributed by atoms with Gasteiger partial charge in [0.05, 0.1) is 20.3 Å². The van der Waals surface area contributed by atoms with E-state index in [0.29, 0.717) is 85.9 Å². The second kappa shape index (κ2) is 20.1. The van der Waals surface area contributed by atoms with Crippen molar-refractivity contribution in [2.45, 2.75) is 78.0 Å². The lowest BCUT2D eigenvalue weighted by atomic mass is 10.0. The molecule has 18 heteroatoms. The van der Waals surface area contributed by atoms with Gasteiger partial charge in [0.1, 0.15) is 0 Å². The Kier molecular flexibility index (Phi) is 14.3. The van der Waals surface area contributed by atoms with Crippen LogP contribution in [0.2, 0.25) is 0 Å². The van der Waals surface area contributed by atoms with Crippen LogP contribution >= 0.6 is 46.2 Å². The van der Waals surface area contributed by atoms with E-state index < -0.39 is 0 Å². The maximum absolute atomic E-state index is 13.9. The zero-order valence-electron chi connectivity index (χ0n) is 36.9. The first-order valence-electron chi connectivity index (χ1n) is 21.9. The minimum atomic E-state index is -0.211. The van der Waals surface area contributed by atoms with E-state index in [9.17, 15) is 28.8 Å². The molecule has 2 N–H and O–H groups in total. The van der Waals surface area contributed by atoms with Gasteiger partial charge in [-0.05, 0) is 106 Å². The lowest BCUT2D eigenvalue weighted by Gasteiger charge is -2.34. The zero-order chi connectivity index (χ0) is 45.9. The van der Waals surface area contributed by atoms with E-state index in [0.717, 1.165) is 66.1 Å². The number of hydrogen-bond acceptors (Lipinski definition) is 12. The Hall–Kier alpha value is -5.30. The number of piperazine rings is 1. The molecule has 6 amide bonds. The Morgan fingerprint density at radius 2 is 1.15 bits per heavy atom. The third kappa shape index (κ3) is 11.2. The number of aromatic nitrogens is 2. The number of anilines is 2. The van der Waals surface area contributed by atoms with Crippen molar-refractivity contribution in [1.82, 2.24) is 29.6 Å². The van der Waals surface area contributed by atoms with E-state index in [1.54, 1.807) is 31.9 Å². The molecule has 0 bridgehead atoms. The number of nitrogens with one attached hydrogen (secondary N) is 2. The summed E-state index contributed by atoms with van der Waals surface area (Å²) < 4.78 is 1.67. The van der Waals surface area contributed by atoms with Crippen LogP contribution in [0, 0.1) is 39.5 Å². The van der Waals surface area contributed by atoms with Crippen molar-refractivity contribution in [1.29, 1.82) is 0 Å². The molecule has 2 aromatic heterocycles. The van der Waals surface area contributed by atoms with Crippen molar-refractivity contribution in [2.24, 2.45) is 11.8 Å². The van der Waals surface area contributed by atoms with Crippen molar-refractivity contribution < 1.29 is 28.8 Å². The number of aryl methyl sites for hydroxylation is 4. The summed E-state index contributed by atoms with van der Waals surface area (Å²) in [5.74, 6) is -0.512. The van der Waals surface area contributed by atoms with Crippen LogP contribution in [0.1, 0.15) is 80.8 Å². The van der Waals surface area contributed by atoms with Gasteiger partial charge in [0, 0.05) is 91.2 Å². The van der Waals surface area contributed by atoms with Gasteiger partial charge in [0.25, 0.3) is 11.8 Å². The fraction of sp³-hybridized carbons (Fsp3) is 0.404. The normalized spacial score (nSPS) is 16.7. The van der Waals surface area contributed by atoms with Crippen molar-refractivity contribution in [3.05, 3.63) is 88.3 Å². The van der Waals surface area contributed by atoms with E-state index in [4.69, 9.17) is 4.98 Å². The number of nitrogens with zero attached hydrogens (tertiary/aromatic N) is 6. The molecule has 4 fully saturated rings. The second-order valence-electron chi connectivity index (χ2n) is 16.9. The van der Waals surface area contributed by atoms with Crippen molar-refractivity contribution in [3.63, 3.8) is 0 Å². The fourth-order valence-corrected chi connectivity index (χ4v) is 11.9. The fourth-order valence-electron chi connectivity index (χ4n) is 7.77. The molecule has 0 atom stereocenters. The molecule has 65 heavy (non-hydrogen) atoms. The lowest BCUT2D eigenvalue weighted by Crippen LogP contribution is -2.50. The monoisotopic (exact) mass is 952 g/mol. The number of thiazole rings is 2. The molecule has 4 aromatic rings. The second-order valence-corrected chi connectivity index (χ2v) is 21.6. The van der Waals surface area contributed by atoms with Gasteiger partial charge in [-0.3, -0.25) is 28.8 Å². The van der Waals surface area contributed by atoms with E-state index >= 15 is 0 Å². The van der Waals surface area contributed by atoms with Gasteiger partial charge in [-0.2, -0.15) is 0 Å². The molecule has 340 valence electrons. The Labute approximate surface area is 395 Å². The summed E-state index contributed by atoms with van der Waals surface area (Å²) in [7, 11) is 0. The standard InChI is InChI=1S/C47H52N8O6S4/c1-6-38(56)52-14-7-15-54(19-16-52)43(60)34-25-37(30(5)23-28(34)3)63-45-35(49-47(65-45)51-42(59)32-10-11-32)12-13-39(57)53-17-20-55(21-18-53)44(61)33-24-36(29(4)22-27(33)2)62-40-26-48-46(64-40)50-41(58)31-8-9-31/h6,12-13,22-26,31-32H,1,7-11,14-21H2,2-5H3,(H,48,50,58)(H,49,51,59). The first-order chi connectivity index (χ1) is 31.2. The summed E-state index contributed by atoms with van der Waals surface area (Å²) in [5.41, 5.74) is 5.45. The van der Waals surface area contributed by atoms with Crippen molar-refractivity contribution >= 4 is 98.0 Å². The molecule has 2 aliphatic heterocycles. The van der Waals surface area contributed by atoms with Gasteiger partial charge in [0.15, 0.2) is 10.3 Å². The molecule has 2 aliphatic carbocycles. The number of amides is 6. The molecule has 4 heterocycles. The molecular weight excluding hydrogens is 901 g/mol. The lowest BCUT2D eigenvalue weighted by molar-refractivity contribution is -0.127. The van der Waals surface area contributed by atoms with Crippen LogP contribution in [0.4, 0.5) is 10.3 Å². The van der Waals surface area contributed by atoms with Crippen LogP contribution in [0.3, 0.4) is 0 Å². The molecule has 14 nitrogen and oxygen atoms in total. The van der Waals surface area contributed by atoms with E-state index in [1.807, 2.05) is 52.0 Å². The van der Waals surface area contributed by atoms with Gasteiger partial charge in [-0.25, -0.2) is 9.97 Å². The predicted molar refractivity (Wildman–Crippen MR) is 256 cm³/mol. The highest BCUT2D eigenvalue weighted by molar-refractivity contribution is 8.01. The molecule has 0 radical (unpaired) electrons. The minimum absolute atomic E-state index is 0.0161. The molecule has 8 rings (SSSR count). The molecule has 2 aromatic carbocycles. The Morgan fingerprint density at radius 1 is 0.646 bits per heavy atom. The summed E-state index contributed by atoms with van der Waals surface area (Å²) in [4.78, 5) is 96.8. The minimum Gasteiger partial charge on any atom is -0.337 e. The number of rotatable bonds is 13. The first-order valence-corrected chi connectivity index (χ1v) is 25.1. The third-order valence-corrected chi connectivity index (χ3v) is 16.4. The molecule has 2 saturated carbocycles. The van der Waals surface area contributed by atoms with Gasteiger partial charge in [0.2, 0.25) is 23.6 Å². The van der Waals surface area contributed by atoms with Crippen LogP contribution < -0.4 is 10.6 Å². The van der Waals surface area contributed by atoms with Gasteiger partial charge in [-0.15, -0.1) is 0 Å². The Balaban J connectivity index is 0.925. The van der Waals surface area contributed by atoms with Gasteiger partial charge in [-0.1, -0.05) is 64.9 Å².